The lowest BCUT2D eigenvalue weighted by Gasteiger charge is -2.36. The minimum Gasteiger partial charge on any atom is -0.392 e. The Kier molecular flexibility index (Phi) is 5.21. The van der Waals surface area contributed by atoms with Gasteiger partial charge in [0, 0.05) is 0 Å². The minimum atomic E-state index is -0.0823. The Balaban J connectivity index is 4.00. The summed E-state index contributed by atoms with van der Waals surface area (Å²) < 4.78 is 0. The van der Waals surface area contributed by atoms with E-state index in [1.165, 1.54) is 11.1 Å². The quantitative estimate of drug-likeness (QED) is 0.840. The van der Waals surface area contributed by atoms with Crippen LogP contribution in [0.15, 0.2) is 6.07 Å². The molecular weight excluding hydrogens is 272 g/mol. The zero-order chi connectivity index (χ0) is 17.5. The van der Waals surface area contributed by atoms with Gasteiger partial charge in [-0.2, -0.15) is 0 Å². The molecular formula is C20H34O2. The first-order valence-electron chi connectivity index (χ1n) is 8.17. The summed E-state index contributed by atoms with van der Waals surface area (Å²) in [4.78, 5) is 0. The zero-order valence-electron chi connectivity index (χ0n) is 15.9. The summed E-state index contributed by atoms with van der Waals surface area (Å²) in [5.41, 5.74) is 5.22. The van der Waals surface area contributed by atoms with Crippen molar-refractivity contribution in [1.29, 1.82) is 0 Å². The molecule has 2 nitrogen and oxygen atoms in total. The lowest BCUT2D eigenvalue weighted by Crippen LogP contribution is -2.28. The molecule has 0 aromatic heterocycles. The predicted octanol–water partition coefficient (Wildman–Crippen LogP) is 4.56. The van der Waals surface area contributed by atoms with Crippen LogP contribution in [0.5, 0.6) is 0 Å². The average Bonchev–Trinajstić information content (AvgIpc) is 2.32. The first kappa shape index (κ1) is 19.2. The molecule has 0 saturated heterocycles. The van der Waals surface area contributed by atoms with Crippen LogP contribution in [-0.2, 0) is 29.5 Å². The molecule has 0 atom stereocenters. The molecule has 0 heterocycles. The van der Waals surface area contributed by atoms with E-state index in [9.17, 15) is 10.2 Å². The second-order valence-corrected chi connectivity index (χ2v) is 9.37. The highest BCUT2D eigenvalue weighted by molar-refractivity contribution is 5.53. The second kappa shape index (κ2) is 5.98. The highest BCUT2D eigenvalue weighted by atomic mass is 16.3. The van der Waals surface area contributed by atoms with E-state index in [2.05, 4.69) is 68.4 Å². The molecule has 0 aliphatic heterocycles. The molecule has 0 aliphatic carbocycles. The van der Waals surface area contributed by atoms with Gasteiger partial charge >= 0.3 is 0 Å². The summed E-state index contributed by atoms with van der Waals surface area (Å²) in [6.45, 7) is 19.6. The van der Waals surface area contributed by atoms with Crippen molar-refractivity contribution in [2.75, 3.05) is 0 Å². The number of aliphatic hydroxyl groups excluding tert-OH is 2. The second-order valence-electron chi connectivity index (χ2n) is 9.37. The highest BCUT2D eigenvalue weighted by Crippen LogP contribution is 2.42. The molecule has 0 bridgehead atoms. The molecule has 126 valence electrons. The van der Waals surface area contributed by atoms with Crippen LogP contribution < -0.4 is 0 Å². The van der Waals surface area contributed by atoms with Crippen molar-refractivity contribution in [2.45, 2.75) is 91.8 Å². The average molecular weight is 306 g/mol. The lowest BCUT2D eigenvalue weighted by molar-refractivity contribution is 0.254. The number of rotatable bonds is 2. The normalized spacial score (nSPS) is 13.6. The minimum absolute atomic E-state index is 0.0134. The Morgan fingerprint density at radius 2 is 1.05 bits per heavy atom. The molecule has 0 saturated carbocycles. The van der Waals surface area contributed by atoms with Gasteiger partial charge in [0.25, 0.3) is 0 Å². The van der Waals surface area contributed by atoms with Crippen molar-refractivity contribution in [2.24, 2.45) is 0 Å². The Hall–Kier alpha value is -0.860. The van der Waals surface area contributed by atoms with Crippen LogP contribution in [0.4, 0.5) is 0 Å². The molecule has 0 spiro atoms. The number of hydrogen-bond acceptors (Lipinski definition) is 2. The summed E-state index contributed by atoms with van der Waals surface area (Å²) >= 11 is 0. The van der Waals surface area contributed by atoms with Gasteiger partial charge in [0.05, 0.1) is 13.2 Å². The molecule has 1 rings (SSSR count). The molecule has 2 heteroatoms. The number of aliphatic hydroxyl groups is 2. The third-order valence-corrected chi connectivity index (χ3v) is 4.23. The molecule has 2 N–H and O–H groups in total. The van der Waals surface area contributed by atoms with Crippen LogP contribution in [0.3, 0.4) is 0 Å². The van der Waals surface area contributed by atoms with Gasteiger partial charge in [-0.3, -0.25) is 0 Å². The van der Waals surface area contributed by atoms with Gasteiger partial charge in [0.15, 0.2) is 0 Å². The van der Waals surface area contributed by atoms with Gasteiger partial charge < -0.3 is 10.2 Å². The molecule has 0 aliphatic rings. The van der Waals surface area contributed by atoms with Crippen LogP contribution >= 0.6 is 0 Å². The van der Waals surface area contributed by atoms with Gasteiger partial charge in [-0.05, 0) is 44.1 Å². The third-order valence-electron chi connectivity index (χ3n) is 4.23. The Bertz CT molecular complexity index is 535. The van der Waals surface area contributed by atoms with E-state index < -0.39 is 0 Å². The molecule has 0 fully saturated rings. The summed E-state index contributed by atoms with van der Waals surface area (Å²) in [6, 6.07) is 2.26. The van der Waals surface area contributed by atoms with E-state index in [1.54, 1.807) is 0 Å². The van der Waals surface area contributed by atoms with Crippen molar-refractivity contribution in [1.82, 2.24) is 0 Å². The summed E-state index contributed by atoms with van der Waals surface area (Å²) in [5, 5.41) is 20.0. The first-order valence-corrected chi connectivity index (χ1v) is 8.17. The van der Waals surface area contributed by atoms with E-state index in [0.29, 0.717) is 0 Å². The maximum atomic E-state index is 10.1. The van der Waals surface area contributed by atoms with Gasteiger partial charge in [0.2, 0.25) is 0 Å². The van der Waals surface area contributed by atoms with Crippen LogP contribution in [0.1, 0.15) is 90.1 Å². The van der Waals surface area contributed by atoms with Gasteiger partial charge in [-0.15, -0.1) is 0 Å². The fourth-order valence-corrected chi connectivity index (χ4v) is 3.25. The van der Waals surface area contributed by atoms with Crippen LogP contribution in [0.2, 0.25) is 0 Å². The highest BCUT2D eigenvalue weighted by Gasteiger charge is 2.32. The van der Waals surface area contributed by atoms with Crippen molar-refractivity contribution < 1.29 is 10.2 Å². The SMILES string of the molecule is CC(C)(C)c1cc(C(C)(C)C)c(C(C)(C)C)c(CO)c1CO. The van der Waals surface area contributed by atoms with Crippen molar-refractivity contribution in [3.8, 4) is 0 Å². The van der Waals surface area contributed by atoms with Crippen LogP contribution in [-0.4, -0.2) is 10.2 Å². The van der Waals surface area contributed by atoms with E-state index in [4.69, 9.17) is 0 Å². The smallest absolute Gasteiger partial charge is 0.0688 e. The molecule has 1 aromatic rings. The molecule has 0 unspecified atom stereocenters. The summed E-state index contributed by atoms with van der Waals surface area (Å²) in [7, 11) is 0. The molecule has 22 heavy (non-hydrogen) atoms. The Morgan fingerprint density at radius 3 is 1.32 bits per heavy atom. The van der Waals surface area contributed by atoms with E-state index >= 15 is 0 Å². The predicted molar refractivity (Wildman–Crippen MR) is 94.4 cm³/mol. The number of benzene rings is 1. The number of hydrogen-bond donors (Lipinski definition) is 2. The topological polar surface area (TPSA) is 40.5 Å². The summed E-state index contributed by atoms with van der Waals surface area (Å²) in [5.74, 6) is 0. The molecule has 1 aromatic carbocycles. The van der Waals surface area contributed by atoms with Gasteiger partial charge in [-0.1, -0.05) is 68.4 Å². The van der Waals surface area contributed by atoms with E-state index in [-0.39, 0.29) is 29.5 Å². The standard InChI is InChI=1S/C20H34O2/c1-18(2,3)15-10-16(19(4,5)6)17(20(7,8)9)14(12-22)13(15)11-21/h10,21-22H,11-12H2,1-9H3. The van der Waals surface area contributed by atoms with E-state index in [0.717, 1.165) is 16.7 Å². The maximum absolute atomic E-state index is 10.1. The van der Waals surface area contributed by atoms with Crippen molar-refractivity contribution >= 4 is 0 Å². The van der Waals surface area contributed by atoms with Crippen LogP contribution in [0.25, 0.3) is 0 Å². The fraction of sp³-hybridized carbons (Fsp3) is 0.700. The van der Waals surface area contributed by atoms with Gasteiger partial charge in [-0.25, -0.2) is 0 Å². The lowest BCUT2D eigenvalue weighted by atomic mass is 9.69. The van der Waals surface area contributed by atoms with Gasteiger partial charge in [0.1, 0.15) is 0 Å². The van der Waals surface area contributed by atoms with Crippen molar-refractivity contribution in [3.05, 3.63) is 33.9 Å². The molecule has 0 radical (unpaired) electrons. The fourth-order valence-electron chi connectivity index (χ4n) is 3.25. The van der Waals surface area contributed by atoms with Crippen molar-refractivity contribution in [3.63, 3.8) is 0 Å². The zero-order valence-corrected chi connectivity index (χ0v) is 15.9. The van der Waals surface area contributed by atoms with Crippen LogP contribution in [0, 0.1) is 0 Å². The largest absolute Gasteiger partial charge is 0.392 e. The van der Waals surface area contributed by atoms with E-state index in [1.807, 2.05) is 0 Å². The Labute approximate surface area is 136 Å². The monoisotopic (exact) mass is 306 g/mol. The third kappa shape index (κ3) is 3.72. The summed E-state index contributed by atoms with van der Waals surface area (Å²) in [6.07, 6.45) is 0. The Morgan fingerprint density at radius 1 is 0.636 bits per heavy atom. The molecule has 0 amide bonds. The first-order chi connectivity index (χ1) is 9.75. The maximum Gasteiger partial charge on any atom is 0.0688 e.